The number of rotatable bonds is 68. The van der Waals surface area contributed by atoms with E-state index in [9.17, 15) is 99.1 Å². The zero-order chi connectivity index (χ0) is 105. The van der Waals surface area contributed by atoms with Crippen LogP contribution in [0.15, 0.2) is 48.5 Å². The Morgan fingerprint density at radius 2 is 0.518 bits per heavy atom. The number of carbonyl (C=O) groups is 13. The lowest BCUT2D eigenvalue weighted by Gasteiger charge is -2.28. The van der Waals surface area contributed by atoms with Crippen molar-refractivity contribution >= 4 is 140 Å². The number of halogens is 4. The van der Waals surface area contributed by atoms with Crippen LogP contribution < -0.4 is 153 Å². The highest BCUT2D eigenvalue weighted by atomic mass is 31.2. The van der Waals surface area contributed by atoms with Crippen molar-refractivity contribution in [1.29, 1.82) is 43.3 Å². The molecule has 778 valence electrons. The highest BCUT2D eigenvalue weighted by Crippen LogP contribution is 2.60. The number of carboxylic acids is 1. The maximum Gasteiger partial charge on any atom is 0.399 e. The molecular weight excluding hydrogens is 1890 g/mol. The van der Waals surface area contributed by atoms with Gasteiger partial charge in [0, 0.05) is 82.9 Å². The second-order valence-electron chi connectivity index (χ2n) is 31.6. The summed E-state index contributed by atoms with van der Waals surface area (Å²) in [6.07, 6.45) is -4.39. The van der Waals surface area contributed by atoms with Gasteiger partial charge in [0.05, 0.1) is 12.8 Å². The molecule has 56 nitrogen and oxygen atoms in total. The quantitative estimate of drug-likeness (QED) is 0.00961. The minimum Gasteiger partial charge on any atom is -0.481 e. The van der Waals surface area contributed by atoms with E-state index in [4.69, 9.17) is 105 Å². The van der Waals surface area contributed by atoms with E-state index in [-0.39, 0.29) is 204 Å². The molecule has 62 heteroatoms. The molecule has 0 bridgehead atoms. The Morgan fingerprint density at radius 1 is 0.288 bits per heavy atom. The Morgan fingerprint density at radius 3 is 0.777 bits per heavy atom. The van der Waals surface area contributed by atoms with E-state index in [0.29, 0.717) is 24.3 Å². The molecular formula is C77H132F4N36O20P2. The summed E-state index contributed by atoms with van der Waals surface area (Å²) in [6, 6.07) is -10.1. The lowest BCUT2D eigenvalue weighted by atomic mass is 10.0. The summed E-state index contributed by atoms with van der Waals surface area (Å²) >= 11 is 0. The molecule has 0 spiro atoms. The van der Waals surface area contributed by atoms with Gasteiger partial charge in [-0.3, -0.25) is 115 Å². The van der Waals surface area contributed by atoms with Crippen molar-refractivity contribution in [2.45, 2.75) is 219 Å². The molecule has 0 heterocycles. The minimum absolute atomic E-state index is 0.00190. The van der Waals surface area contributed by atoms with Crippen LogP contribution in [0.2, 0.25) is 0 Å². The molecule has 0 aliphatic heterocycles. The molecule has 0 radical (unpaired) electrons. The number of amides is 12. The van der Waals surface area contributed by atoms with Crippen LogP contribution in [0.5, 0.6) is 0 Å². The molecule has 50 N–H and O–H groups in total. The van der Waals surface area contributed by atoms with Crippen LogP contribution in [0.4, 0.5) is 17.6 Å². The van der Waals surface area contributed by atoms with E-state index in [2.05, 4.69) is 101 Å². The third-order valence-corrected chi connectivity index (χ3v) is 22.2. The van der Waals surface area contributed by atoms with Crippen LogP contribution in [0, 0.1) is 43.3 Å². The van der Waals surface area contributed by atoms with Gasteiger partial charge in [-0.25, -0.2) is 0 Å². The number of aliphatic carboxylic acids is 1. The van der Waals surface area contributed by atoms with Gasteiger partial charge in [-0.2, -0.15) is 17.6 Å². The normalized spacial score (nSPS) is 13.5. The van der Waals surface area contributed by atoms with Crippen molar-refractivity contribution in [3.05, 3.63) is 70.8 Å². The zero-order valence-electron chi connectivity index (χ0n) is 76.0. The lowest BCUT2D eigenvalue weighted by molar-refractivity contribution is -0.141. The fourth-order valence-corrected chi connectivity index (χ4v) is 14.0. The van der Waals surface area contributed by atoms with Gasteiger partial charge in [0.15, 0.2) is 47.7 Å². The van der Waals surface area contributed by atoms with Crippen molar-refractivity contribution < 1.29 is 114 Å². The first kappa shape index (κ1) is 121. The Labute approximate surface area is 795 Å². The predicted octanol–water partition coefficient (Wildman–Crippen LogP) is -8.48. The monoisotopic (exact) mass is 2020 g/mol. The topological polar surface area (TPSA) is 1010 Å². The summed E-state index contributed by atoms with van der Waals surface area (Å²) in [5.41, 5.74) is 38.1. The standard InChI is InChI=1S/C77H132F4N36O20P2/c78-76(79,138(132,133)134)43-25-21-41(22-26-43)38-53(117-67(131)54(40-57(120)121)109-56(119)39-42-23-27-44(28-24-42)77(80,81)139(135,136)137)59(123)99-29-3-1-2-20-55(118)108-46(13-5-31-101-69(85)86)60(124)111-48(15-7-33-103-71(89)90)62(126)113-50(17-9-35-105-73(93)94)64(128)115-52(19-11-37-107-75(97)98)66(130)116-51(18-10-36-106-74(95)96)65(129)114-49(16-8-34-104-72(91)92)63(127)112-47(14-6-32-102-70(87)88)61(125)110-45(58(82)122)12-4-30-100-68(83)84/h21-28,45-54H,1-20,29-40H2,(H2,82,122)(H,99,123)(H,108,118)(H,109,119)(H,110,125)(H,111,124)(H,112,127)(H,113,126)(H,114,129)(H,115,128)(H,116,130)(H,117,131)(H,120,121)(H4,83,84,100)(H4,85,86,101)(H4,87,88,102)(H4,89,90,103)(H4,91,92,104)(H4,93,94,105)(H4,95,96,106)(H4,97,98,107)(H2,132,133,134)(H2,135,136,137)/t45-,46-,47-,48-,49-,50-,51-,52-,53+,54+/m1/s1. The van der Waals surface area contributed by atoms with E-state index in [1.54, 1.807) is 0 Å². The minimum atomic E-state index is -6.08. The molecule has 12 amide bonds. The Bertz CT molecular complexity index is 4640. The first-order valence-electron chi connectivity index (χ1n) is 43.5. The average Bonchev–Trinajstić information content (AvgIpc) is 0.798. The molecule has 0 saturated heterocycles. The summed E-state index contributed by atoms with van der Waals surface area (Å²) in [5, 5.41) is 119. The number of nitrogens with one attached hydrogen (secondary N) is 27. The van der Waals surface area contributed by atoms with Gasteiger partial charge < -0.3 is 177 Å². The van der Waals surface area contributed by atoms with Gasteiger partial charge >= 0.3 is 32.5 Å². The average molecular weight is 2020 g/mol. The van der Waals surface area contributed by atoms with Gasteiger partial charge in [0.25, 0.3) is 0 Å². The van der Waals surface area contributed by atoms with Gasteiger partial charge in [0.2, 0.25) is 70.9 Å². The maximum absolute atomic E-state index is 15.0. The van der Waals surface area contributed by atoms with Crippen LogP contribution in [0.1, 0.15) is 157 Å². The molecule has 0 fully saturated rings. The molecule has 0 aliphatic carbocycles. The molecule has 0 unspecified atom stereocenters. The second kappa shape index (κ2) is 61.7. The number of unbranched alkanes of at least 4 members (excludes halogenated alkanes) is 2. The van der Waals surface area contributed by atoms with Crippen LogP contribution >= 0.6 is 15.2 Å². The highest BCUT2D eigenvalue weighted by Gasteiger charge is 2.51. The fourth-order valence-electron chi connectivity index (χ4n) is 13.0. The van der Waals surface area contributed by atoms with Crippen LogP contribution in [-0.2, 0) is 95.6 Å². The van der Waals surface area contributed by atoms with E-state index in [1.165, 1.54) is 0 Å². The molecule has 2 rings (SSSR count). The van der Waals surface area contributed by atoms with Crippen LogP contribution in [-0.4, -0.2) is 269 Å². The van der Waals surface area contributed by atoms with E-state index < -0.39 is 236 Å². The number of carbonyl (C=O) groups excluding carboxylic acids is 12. The van der Waals surface area contributed by atoms with Gasteiger partial charge in [-0.15, -0.1) is 0 Å². The van der Waals surface area contributed by atoms with E-state index >= 15 is 4.79 Å². The lowest BCUT2D eigenvalue weighted by Crippen LogP contribution is -2.60. The van der Waals surface area contributed by atoms with Crippen molar-refractivity contribution in [1.82, 2.24) is 101 Å². The second-order valence-corrected chi connectivity index (χ2v) is 34.9. The SMILES string of the molecule is N=C(N)NCCC[C@@H](NC(=O)[C@@H](CCCNC(=N)N)NC(=O)[C@@H](CCCNC(=N)N)NC(=O)[C@@H](CCCNC(=N)N)NC(=O)[C@@H](CCCNC(=N)N)NC(=O)[C@@H](CCCNC(=N)N)NC(=O)[C@@H](CCCNC(=N)N)NC(=O)[C@@H](CCCNC(=N)N)NC(=O)CCCCCNC(=O)[C@H](Cc1ccc(C(F)(F)P(=O)(O)O)cc1)NC(=O)[C@H](CC(=O)O)NC(=O)Cc1ccc(C(F)(F)P(=O)(O)O)cc1)C(N)=O. The summed E-state index contributed by atoms with van der Waals surface area (Å²) in [6.45, 7) is -0.545. The number of primary amides is 1. The highest BCUT2D eigenvalue weighted by molar-refractivity contribution is 7.53. The van der Waals surface area contributed by atoms with E-state index in [0.717, 1.165) is 24.3 Å². The van der Waals surface area contributed by atoms with Gasteiger partial charge in [0.1, 0.15) is 60.4 Å². The number of hydrogen-bond acceptors (Lipinski definition) is 23. The fraction of sp³-hybridized carbons (Fsp3) is 0.571. The first-order valence-corrected chi connectivity index (χ1v) is 46.8. The number of benzene rings is 2. The Balaban J connectivity index is 2.64. The summed E-state index contributed by atoms with van der Waals surface area (Å²) in [4.78, 5) is 220. The van der Waals surface area contributed by atoms with Crippen molar-refractivity contribution in [3.63, 3.8) is 0 Å². The molecule has 10 atom stereocenters. The third kappa shape index (κ3) is 49.4. The third-order valence-electron chi connectivity index (χ3n) is 20.2. The number of carboxylic acid groups (broad SMARTS) is 1. The largest absolute Gasteiger partial charge is 0.481 e. The Hall–Kier alpha value is -14.3. The number of nitrogens with two attached hydrogens (primary N) is 9. The van der Waals surface area contributed by atoms with Crippen LogP contribution in [0.25, 0.3) is 0 Å². The summed E-state index contributed by atoms with van der Waals surface area (Å²) in [7, 11) is -12.1. The summed E-state index contributed by atoms with van der Waals surface area (Å²) < 4.78 is 81.1. The molecule has 2 aromatic rings. The van der Waals surface area contributed by atoms with E-state index in [1.807, 2.05) is 0 Å². The Kier molecular flexibility index (Phi) is 53.7. The molecule has 2 aromatic carbocycles. The molecule has 0 aliphatic rings. The first-order chi connectivity index (χ1) is 65.0. The van der Waals surface area contributed by atoms with Gasteiger partial charge in [-0.05, 0) is 127 Å². The smallest absolute Gasteiger partial charge is 0.399 e. The molecule has 0 saturated carbocycles. The molecule has 139 heavy (non-hydrogen) atoms. The predicted molar refractivity (Wildman–Crippen MR) is 498 cm³/mol. The number of alkyl halides is 4. The van der Waals surface area contributed by atoms with Crippen LogP contribution in [0.3, 0.4) is 0 Å². The van der Waals surface area contributed by atoms with Crippen molar-refractivity contribution in [2.75, 3.05) is 58.9 Å². The van der Waals surface area contributed by atoms with Crippen molar-refractivity contribution in [3.8, 4) is 0 Å². The number of hydrogen-bond donors (Lipinski definition) is 41. The molecule has 0 aromatic heterocycles. The van der Waals surface area contributed by atoms with Crippen molar-refractivity contribution in [2.24, 2.45) is 51.6 Å². The number of guanidine groups is 8. The maximum atomic E-state index is 15.0. The van der Waals surface area contributed by atoms with Gasteiger partial charge in [-0.1, -0.05) is 55.0 Å². The zero-order valence-corrected chi connectivity index (χ0v) is 77.8. The summed E-state index contributed by atoms with van der Waals surface area (Å²) in [5.74, 6) is -17.7.